The predicted molar refractivity (Wildman–Crippen MR) is 84.2 cm³/mol. The van der Waals surface area contributed by atoms with Gasteiger partial charge in [0.25, 0.3) is 10.0 Å². The second-order valence-corrected chi connectivity index (χ2v) is 7.04. The molecule has 2 aromatic carbocycles. The lowest BCUT2D eigenvalue weighted by Crippen LogP contribution is -2.13. The second-order valence-electron chi connectivity index (χ2n) is 4.80. The molecule has 3 aromatic rings. The smallest absolute Gasteiger partial charge is 0.199 e. The Balaban J connectivity index is 2.01. The van der Waals surface area contributed by atoms with Gasteiger partial charge in [0.2, 0.25) is 0 Å². The molecule has 1 aromatic heterocycles. The van der Waals surface area contributed by atoms with Crippen molar-refractivity contribution in [3.05, 3.63) is 65.3 Å². The molecule has 0 saturated carbocycles. The van der Waals surface area contributed by atoms with Crippen LogP contribution >= 0.6 is 11.6 Å². The van der Waals surface area contributed by atoms with Gasteiger partial charge < -0.3 is 0 Å². The van der Waals surface area contributed by atoms with Crippen LogP contribution in [0.4, 0.5) is 0 Å². The molecule has 0 atom stereocenters. The third kappa shape index (κ3) is 2.75. The van der Waals surface area contributed by atoms with Crippen molar-refractivity contribution in [2.75, 3.05) is 0 Å². The largest absolute Gasteiger partial charge is 0.284 e. The van der Waals surface area contributed by atoms with Crippen molar-refractivity contribution in [2.24, 2.45) is 0 Å². The Kier molecular flexibility index (Phi) is 3.72. The van der Waals surface area contributed by atoms with Crippen molar-refractivity contribution in [3.8, 4) is 11.3 Å². The number of aryl methyl sites for hydroxylation is 1. The lowest BCUT2D eigenvalue weighted by molar-refractivity contribution is 0.577. The fraction of sp³-hybridized carbons (Fsp3) is 0.0667. The number of benzene rings is 2. The standard InChI is InChI=1S/C15H12ClN3O2S/c1-11-5-7-14(8-6-11)22(20,21)19-10-15(17-18-19)12-3-2-4-13(16)9-12/h2-10H,1H3. The molecule has 0 bridgehead atoms. The summed E-state index contributed by atoms with van der Waals surface area (Å²) in [5.74, 6) is 0. The minimum Gasteiger partial charge on any atom is -0.199 e. The van der Waals surface area contributed by atoms with E-state index in [1.165, 1.54) is 6.20 Å². The first kappa shape index (κ1) is 14.7. The molecule has 112 valence electrons. The highest BCUT2D eigenvalue weighted by Gasteiger charge is 2.19. The van der Waals surface area contributed by atoms with Crippen LogP contribution in [0.1, 0.15) is 5.56 Å². The summed E-state index contributed by atoms with van der Waals surface area (Å²) >= 11 is 5.93. The molecule has 0 radical (unpaired) electrons. The Morgan fingerprint density at radius 1 is 1.09 bits per heavy atom. The van der Waals surface area contributed by atoms with Crippen molar-refractivity contribution >= 4 is 21.6 Å². The zero-order valence-corrected chi connectivity index (χ0v) is 13.2. The van der Waals surface area contributed by atoms with Crippen LogP contribution in [0, 0.1) is 6.92 Å². The van der Waals surface area contributed by atoms with Crippen LogP contribution in [-0.4, -0.2) is 22.8 Å². The Labute approximate surface area is 133 Å². The lowest BCUT2D eigenvalue weighted by atomic mass is 10.2. The first-order valence-corrected chi connectivity index (χ1v) is 8.29. The number of aromatic nitrogens is 3. The minimum atomic E-state index is -3.74. The number of hydrogen-bond donors (Lipinski definition) is 0. The van der Waals surface area contributed by atoms with Crippen LogP contribution in [0.15, 0.2) is 59.6 Å². The van der Waals surface area contributed by atoms with Gasteiger partial charge in [0.1, 0.15) is 5.69 Å². The summed E-state index contributed by atoms with van der Waals surface area (Å²) in [5, 5.41) is 8.19. The van der Waals surface area contributed by atoms with Crippen LogP contribution in [-0.2, 0) is 10.0 Å². The second kappa shape index (κ2) is 5.55. The van der Waals surface area contributed by atoms with Gasteiger partial charge in [-0.2, -0.15) is 8.42 Å². The zero-order valence-electron chi connectivity index (χ0n) is 11.6. The molecule has 1 heterocycles. The SMILES string of the molecule is Cc1ccc(S(=O)(=O)n2cc(-c3cccc(Cl)c3)nn2)cc1. The van der Waals surface area contributed by atoms with Gasteiger partial charge in [-0.15, -0.1) is 9.19 Å². The molecule has 0 fully saturated rings. The number of hydrogen-bond acceptors (Lipinski definition) is 4. The molecule has 3 rings (SSSR count). The molecular formula is C15H12ClN3O2S. The third-order valence-corrected chi connectivity index (χ3v) is 4.93. The minimum absolute atomic E-state index is 0.167. The van der Waals surface area contributed by atoms with E-state index in [1.807, 2.05) is 6.92 Å². The van der Waals surface area contributed by atoms with E-state index in [1.54, 1.807) is 48.5 Å². The number of nitrogens with zero attached hydrogens (tertiary/aromatic N) is 3. The summed E-state index contributed by atoms with van der Waals surface area (Å²) in [7, 11) is -3.74. The van der Waals surface area contributed by atoms with Crippen molar-refractivity contribution in [2.45, 2.75) is 11.8 Å². The highest BCUT2D eigenvalue weighted by atomic mass is 35.5. The molecule has 0 amide bonds. The molecule has 0 aliphatic heterocycles. The van der Waals surface area contributed by atoms with Crippen molar-refractivity contribution < 1.29 is 8.42 Å². The highest BCUT2D eigenvalue weighted by molar-refractivity contribution is 7.89. The van der Waals surface area contributed by atoms with Crippen molar-refractivity contribution in [1.82, 2.24) is 14.4 Å². The van der Waals surface area contributed by atoms with E-state index in [0.29, 0.717) is 16.3 Å². The van der Waals surface area contributed by atoms with Gasteiger partial charge in [-0.25, -0.2) is 0 Å². The van der Waals surface area contributed by atoms with Gasteiger partial charge in [0.05, 0.1) is 11.1 Å². The van der Waals surface area contributed by atoms with E-state index < -0.39 is 10.0 Å². The maximum Gasteiger partial charge on any atom is 0.284 e. The molecule has 0 N–H and O–H groups in total. The van der Waals surface area contributed by atoms with Crippen molar-refractivity contribution in [1.29, 1.82) is 0 Å². The van der Waals surface area contributed by atoms with E-state index in [-0.39, 0.29) is 4.90 Å². The Morgan fingerprint density at radius 3 is 2.50 bits per heavy atom. The quantitative estimate of drug-likeness (QED) is 0.738. The van der Waals surface area contributed by atoms with Crippen molar-refractivity contribution in [3.63, 3.8) is 0 Å². The van der Waals surface area contributed by atoms with E-state index in [2.05, 4.69) is 10.3 Å². The first-order chi connectivity index (χ1) is 10.5. The molecule has 0 saturated heterocycles. The Bertz CT molecular complexity index is 918. The third-order valence-electron chi connectivity index (χ3n) is 3.16. The number of halogens is 1. The van der Waals surface area contributed by atoms with Gasteiger partial charge in [-0.3, -0.25) is 0 Å². The van der Waals surface area contributed by atoms with Gasteiger partial charge in [0, 0.05) is 10.6 Å². The summed E-state index contributed by atoms with van der Waals surface area (Å²) < 4.78 is 25.9. The Morgan fingerprint density at radius 2 is 1.82 bits per heavy atom. The summed E-state index contributed by atoms with van der Waals surface area (Å²) in [6.45, 7) is 1.89. The average molecular weight is 334 g/mol. The van der Waals surface area contributed by atoms with Crippen LogP contribution < -0.4 is 0 Å². The molecule has 0 aliphatic carbocycles. The summed E-state index contributed by atoms with van der Waals surface area (Å²) in [5.41, 5.74) is 2.13. The maximum absolute atomic E-state index is 12.5. The maximum atomic E-state index is 12.5. The Hall–Kier alpha value is -2.18. The molecule has 7 heteroatoms. The summed E-state index contributed by atoms with van der Waals surface area (Å²) in [4.78, 5) is 0.167. The van der Waals surface area contributed by atoms with Gasteiger partial charge in [-0.1, -0.05) is 46.6 Å². The van der Waals surface area contributed by atoms with Gasteiger partial charge in [-0.05, 0) is 31.2 Å². The molecule has 0 aliphatic rings. The van der Waals surface area contributed by atoms with Crippen LogP contribution in [0.2, 0.25) is 5.02 Å². The monoisotopic (exact) mass is 333 g/mol. The summed E-state index contributed by atoms with van der Waals surface area (Å²) in [6, 6.07) is 13.6. The first-order valence-electron chi connectivity index (χ1n) is 6.47. The van der Waals surface area contributed by atoms with E-state index >= 15 is 0 Å². The molecule has 22 heavy (non-hydrogen) atoms. The van der Waals surface area contributed by atoms with Crippen LogP contribution in [0.3, 0.4) is 0 Å². The van der Waals surface area contributed by atoms with Gasteiger partial charge in [0.15, 0.2) is 0 Å². The average Bonchev–Trinajstić information content (AvgIpc) is 2.98. The lowest BCUT2D eigenvalue weighted by Gasteiger charge is -2.03. The molecule has 0 spiro atoms. The van der Waals surface area contributed by atoms with E-state index in [0.717, 1.165) is 9.65 Å². The van der Waals surface area contributed by atoms with Crippen LogP contribution in [0.25, 0.3) is 11.3 Å². The molecular weight excluding hydrogens is 322 g/mol. The van der Waals surface area contributed by atoms with E-state index in [4.69, 9.17) is 11.6 Å². The zero-order chi connectivity index (χ0) is 15.7. The number of rotatable bonds is 3. The van der Waals surface area contributed by atoms with Gasteiger partial charge >= 0.3 is 0 Å². The fourth-order valence-corrected chi connectivity index (χ4v) is 3.22. The van der Waals surface area contributed by atoms with Crippen LogP contribution in [0.5, 0.6) is 0 Å². The highest BCUT2D eigenvalue weighted by Crippen LogP contribution is 2.22. The predicted octanol–water partition coefficient (Wildman–Crippen LogP) is 3.14. The van der Waals surface area contributed by atoms with E-state index in [9.17, 15) is 8.42 Å². The molecule has 0 unspecified atom stereocenters. The normalized spacial score (nSPS) is 11.5. The topological polar surface area (TPSA) is 64.8 Å². The fourth-order valence-electron chi connectivity index (χ4n) is 1.96. The summed E-state index contributed by atoms with van der Waals surface area (Å²) in [6.07, 6.45) is 1.38. The molecule has 5 nitrogen and oxygen atoms in total.